The second-order valence-electron chi connectivity index (χ2n) is 5.38. The zero-order chi connectivity index (χ0) is 12.6. The molecule has 1 N–H and O–H groups in total. The Labute approximate surface area is 107 Å². The number of aliphatic hydroxyl groups is 1. The van der Waals surface area contributed by atoms with Crippen molar-refractivity contribution in [2.24, 2.45) is 5.41 Å². The minimum Gasteiger partial charge on any atom is -0.497 e. The average molecular weight is 242 g/mol. The maximum absolute atomic E-state index is 9.38. The van der Waals surface area contributed by atoms with Crippen LogP contribution < -0.4 is 4.74 Å². The third-order valence-electron chi connectivity index (χ3n) is 3.98. The fourth-order valence-corrected chi connectivity index (χ4v) is 2.51. The standard InChI is InChI=1S/C16H18O2/c1-18-15-5-4-13-8-12(2-3-14(13)9-15)10-16(11-17)6-7-16/h2-5,8-9,17H,6-7,10-11H2,1H3. The third kappa shape index (κ3) is 2.08. The van der Waals surface area contributed by atoms with Crippen molar-refractivity contribution in [1.82, 2.24) is 0 Å². The maximum atomic E-state index is 9.38. The van der Waals surface area contributed by atoms with Gasteiger partial charge in [-0.05, 0) is 53.1 Å². The number of methoxy groups -OCH3 is 1. The average Bonchev–Trinajstić information content (AvgIpc) is 3.18. The molecule has 2 heteroatoms. The highest BCUT2D eigenvalue weighted by molar-refractivity contribution is 5.84. The number of fused-ring (bicyclic) bond motifs is 1. The van der Waals surface area contributed by atoms with Crippen LogP contribution in [0.15, 0.2) is 36.4 Å². The van der Waals surface area contributed by atoms with Crippen molar-refractivity contribution in [2.75, 3.05) is 13.7 Å². The number of benzene rings is 2. The summed E-state index contributed by atoms with van der Waals surface area (Å²) in [7, 11) is 1.69. The molecule has 1 aliphatic rings. The van der Waals surface area contributed by atoms with E-state index in [9.17, 15) is 5.11 Å². The monoisotopic (exact) mass is 242 g/mol. The molecule has 0 unspecified atom stereocenters. The highest BCUT2D eigenvalue weighted by atomic mass is 16.5. The Morgan fingerprint density at radius 2 is 1.83 bits per heavy atom. The van der Waals surface area contributed by atoms with Crippen LogP contribution in [0, 0.1) is 5.41 Å². The second-order valence-corrected chi connectivity index (χ2v) is 5.38. The summed E-state index contributed by atoms with van der Waals surface area (Å²) in [5.41, 5.74) is 1.50. The van der Waals surface area contributed by atoms with Crippen LogP contribution in [-0.2, 0) is 6.42 Å². The van der Waals surface area contributed by atoms with Crippen LogP contribution in [0.2, 0.25) is 0 Å². The van der Waals surface area contributed by atoms with E-state index in [-0.39, 0.29) is 5.41 Å². The lowest BCUT2D eigenvalue weighted by Gasteiger charge is -2.12. The summed E-state index contributed by atoms with van der Waals surface area (Å²) in [4.78, 5) is 0. The maximum Gasteiger partial charge on any atom is 0.119 e. The Hall–Kier alpha value is -1.54. The van der Waals surface area contributed by atoms with Gasteiger partial charge in [0.25, 0.3) is 0 Å². The molecule has 2 aromatic carbocycles. The summed E-state index contributed by atoms with van der Waals surface area (Å²) >= 11 is 0. The molecule has 1 saturated carbocycles. The van der Waals surface area contributed by atoms with E-state index >= 15 is 0 Å². The molecule has 0 saturated heterocycles. The van der Waals surface area contributed by atoms with Crippen molar-refractivity contribution < 1.29 is 9.84 Å². The Kier molecular flexibility index (Phi) is 2.75. The summed E-state index contributed by atoms with van der Waals surface area (Å²) in [6.45, 7) is 0.313. The summed E-state index contributed by atoms with van der Waals surface area (Å²) in [6, 6.07) is 12.7. The summed E-state index contributed by atoms with van der Waals surface area (Å²) in [5, 5.41) is 11.8. The van der Waals surface area contributed by atoms with Gasteiger partial charge in [0.15, 0.2) is 0 Å². The molecule has 0 spiro atoms. The van der Waals surface area contributed by atoms with Crippen molar-refractivity contribution in [3.05, 3.63) is 42.0 Å². The zero-order valence-corrected chi connectivity index (χ0v) is 10.6. The van der Waals surface area contributed by atoms with E-state index in [1.807, 2.05) is 6.07 Å². The van der Waals surface area contributed by atoms with E-state index in [4.69, 9.17) is 4.74 Å². The van der Waals surface area contributed by atoms with Crippen LogP contribution in [0.1, 0.15) is 18.4 Å². The molecular weight excluding hydrogens is 224 g/mol. The predicted molar refractivity (Wildman–Crippen MR) is 73.0 cm³/mol. The van der Waals surface area contributed by atoms with Crippen molar-refractivity contribution >= 4 is 10.8 Å². The van der Waals surface area contributed by atoms with Crippen molar-refractivity contribution in [1.29, 1.82) is 0 Å². The second kappa shape index (κ2) is 4.29. The number of ether oxygens (including phenoxy) is 1. The molecule has 0 radical (unpaired) electrons. The van der Waals surface area contributed by atoms with Gasteiger partial charge in [0.1, 0.15) is 5.75 Å². The number of hydrogen-bond acceptors (Lipinski definition) is 2. The van der Waals surface area contributed by atoms with E-state index in [0.717, 1.165) is 25.0 Å². The SMILES string of the molecule is COc1ccc2cc(CC3(CO)CC3)ccc2c1. The lowest BCUT2D eigenvalue weighted by atomic mass is 9.95. The molecule has 0 heterocycles. The zero-order valence-electron chi connectivity index (χ0n) is 10.6. The topological polar surface area (TPSA) is 29.5 Å². The fraction of sp³-hybridized carbons (Fsp3) is 0.375. The van der Waals surface area contributed by atoms with Crippen LogP contribution in [0.4, 0.5) is 0 Å². The Bertz CT molecular complexity index is 570. The lowest BCUT2D eigenvalue weighted by Crippen LogP contribution is -2.09. The molecule has 0 aromatic heterocycles. The van der Waals surface area contributed by atoms with Gasteiger partial charge in [0.05, 0.1) is 7.11 Å². The fourth-order valence-electron chi connectivity index (χ4n) is 2.51. The van der Waals surface area contributed by atoms with Crippen LogP contribution in [0.25, 0.3) is 10.8 Å². The van der Waals surface area contributed by atoms with Gasteiger partial charge >= 0.3 is 0 Å². The molecular formula is C16H18O2. The van der Waals surface area contributed by atoms with Gasteiger partial charge in [-0.25, -0.2) is 0 Å². The molecule has 1 fully saturated rings. The molecule has 1 aliphatic carbocycles. The van der Waals surface area contributed by atoms with E-state index in [2.05, 4.69) is 30.3 Å². The van der Waals surface area contributed by atoms with E-state index < -0.39 is 0 Å². The van der Waals surface area contributed by atoms with Gasteiger partial charge in [0, 0.05) is 6.61 Å². The van der Waals surface area contributed by atoms with Crippen LogP contribution >= 0.6 is 0 Å². The molecule has 94 valence electrons. The molecule has 0 atom stereocenters. The minimum atomic E-state index is 0.181. The molecule has 2 aromatic rings. The summed E-state index contributed by atoms with van der Waals surface area (Å²) in [6.07, 6.45) is 3.31. The van der Waals surface area contributed by atoms with Gasteiger partial charge in [-0.2, -0.15) is 0 Å². The van der Waals surface area contributed by atoms with E-state index in [1.54, 1.807) is 7.11 Å². The summed E-state index contributed by atoms with van der Waals surface area (Å²) < 4.78 is 5.23. The van der Waals surface area contributed by atoms with Gasteiger partial charge in [-0.3, -0.25) is 0 Å². The first kappa shape index (κ1) is 11.5. The first-order valence-corrected chi connectivity index (χ1v) is 6.42. The normalized spacial score (nSPS) is 16.8. The van der Waals surface area contributed by atoms with Crippen molar-refractivity contribution in [3.8, 4) is 5.75 Å². The van der Waals surface area contributed by atoms with Gasteiger partial charge in [-0.15, -0.1) is 0 Å². The van der Waals surface area contributed by atoms with Crippen molar-refractivity contribution in [2.45, 2.75) is 19.3 Å². The molecule has 0 bridgehead atoms. The molecule has 18 heavy (non-hydrogen) atoms. The number of rotatable bonds is 4. The Morgan fingerprint density at radius 3 is 2.50 bits per heavy atom. The smallest absolute Gasteiger partial charge is 0.119 e. The van der Waals surface area contributed by atoms with E-state index in [1.165, 1.54) is 16.3 Å². The molecule has 0 amide bonds. The molecule has 3 rings (SSSR count). The third-order valence-corrected chi connectivity index (χ3v) is 3.98. The van der Waals surface area contributed by atoms with Crippen molar-refractivity contribution in [3.63, 3.8) is 0 Å². The van der Waals surface area contributed by atoms with Gasteiger partial charge in [-0.1, -0.05) is 24.3 Å². The van der Waals surface area contributed by atoms with E-state index in [0.29, 0.717) is 6.61 Å². The molecule has 2 nitrogen and oxygen atoms in total. The minimum absolute atomic E-state index is 0.181. The van der Waals surface area contributed by atoms with Crippen LogP contribution in [-0.4, -0.2) is 18.8 Å². The first-order chi connectivity index (χ1) is 8.74. The van der Waals surface area contributed by atoms with Crippen LogP contribution in [0.3, 0.4) is 0 Å². The lowest BCUT2D eigenvalue weighted by molar-refractivity contribution is 0.211. The highest BCUT2D eigenvalue weighted by Crippen LogP contribution is 2.47. The number of hydrogen-bond donors (Lipinski definition) is 1. The Balaban J connectivity index is 1.91. The largest absolute Gasteiger partial charge is 0.497 e. The quantitative estimate of drug-likeness (QED) is 0.892. The highest BCUT2D eigenvalue weighted by Gasteiger charge is 2.41. The molecule has 0 aliphatic heterocycles. The Morgan fingerprint density at radius 1 is 1.11 bits per heavy atom. The number of aliphatic hydroxyl groups excluding tert-OH is 1. The van der Waals surface area contributed by atoms with Gasteiger partial charge in [0.2, 0.25) is 0 Å². The summed E-state index contributed by atoms with van der Waals surface area (Å²) in [5.74, 6) is 0.893. The van der Waals surface area contributed by atoms with Crippen LogP contribution in [0.5, 0.6) is 5.75 Å². The van der Waals surface area contributed by atoms with Gasteiger partial charge < -0.3 is 9.84 Å². The first-order valence-electron chi connectivity index (χ1n) is 6.42. The predicted octanol–water partition coefficient (Wildman–Crippen LogP) is 3.16.